The fourth-order valence-corrected chi connectivity index (χ4v) is 5.36. The van der Waals surface area contributed by atoms with E-state index in [9.17, 15) is 0 Å². The molecule has 2 nitrogen and oxygen atoms in total. The van der Waals surface area contributed by atoms with E-state index in [2.05, 4.69) is 45.7 Å². The molecule has 1 saturated heterocycles. The number of hydrogen-bond donors (Lipinski definition) is 0. The van der Waals surface area contributed by atoms with Gasteiger partial charge >= 0.3 is 0 Å². The molecule has 3 atom stereocenters. The van der Waals surface area contributed by atoms with Gasteiger partial charge in [-0.3, -0.25) is 4.90 Å². The van der Waals surface area contributed by atoms with Crippen molar-refractivity contribution in [2.75, 3.05) is 26.9 Å². The van der Waals surface area contributed by atoms with Crippen LogP contribution in [0.3, 0.4) is 0 Å². The minimum atomic E-state index is 0.339. The highest BCUT2D eigenvalue weighted by Gasteiger charge is 2.52. The van der Waals surface area contributed by atoms with E-state index in [1.807, 2.05) is 0 Å². The smallest absolute Gasteiger partial charge is 0.0988 e. The quantitative estimate of drug-likeness (QED) is 0.715. The topological polar surface area (TPSA) is 12.5 Å². The van der Waals surface area contributed by atoms with E-state index in [0.29, 0.717) is 10.8 Å². The van der Waals surface area contributed by atoms with Crippen LogP contribution in [0.25, 0.3) is 0 Å². The molecular weight excluding hydrogens is 258 g/mol. The molecular formula is C19H33NO. The van der Waals surface area contributed by atoms with Gasteiger partial charge in [-0.2, -0.15) is 0 Å². The lowest BCUT2D eigenvalue weighted by atomic mass is 9.47. The zero-order valence-electron chi connectivity index (χ0n) is 14.6. The third-order valence-electron chi connectivity index (χ3n) is 6.33. The molecule has 1 saturated carbocycles. The summed E-state index contributed by atoms with van der Waals surface area (Å²) in [4.78, 5) is 2.37. The first kappa shape index (κ1) is 15.6. The van der Waals surface area contributed by atoms with Crippen molar-refractivity contribution in [3.8, 4) is 0 Å². The van der Waals surface area contributed by atoms with E-state index in [1.54, 1.807) is 5.57 Å². The Morgan fingerprint density at radius 2 is 2.14 bits per heavy atom. The maximum absolute atomic E-state index is 5.94. The third kappa shape index (κ3) is 2.82. The van der Waals surface area contributed by atoms with E-state index < -0.39 is 0 Å². The molecule has 4 rings (SSSR count). The summed E-state index contributed by atoms with van der Waals surface area (Å²) in [6.45, 7) is 12.6. The highest BCUT2D eigenvalue weighted by molar-refractivity contribution is 5.24. The first-order valence-electron chi connectivity index (χ1n) is 8.78. The van der Waals surface area contributed by atoms with Gasteiger partial charge in [0.2, 0.25) is 0 Å². The van der Waals surface area contributed by atoms with Crippen LogP contribution in [-0.2, 0) is 4.74 Å². The number of hydrogen-bond acceptors (Lipinski definition) is 2. The standard InChI is InChI=1S/C19H33NO/c1-14(2)9-19(11-20(5)13-21-12-19)10-15-6-7-16-8-17(15)18(16,3)4/h6,14,16-17H,7-13H2,1-5H3/t16-,17-,19?/m0/s1. The molecule has 1 heterocycles. The zero-order valence-corrected chi connectivity index (χ0v) is 14.6. The number of nitrogens with zero attached hydrogens (tertiary/aromatic N) is 1. The third-order valence-corrected chi connectivity index (χ3v) is 6.33. The molecule has 0 aromatic rings. The molecule has 120 valence electrons. The molecule has 21 heavy (non-hydrogen) atoms. The summed E-state index contributed by atoms with van der Waals surface area (Å²) in [5.74, 6) is 2.52. The van der Waals surface area contributed by atoms with E-state index >= 15 is 0 Å². The van der Waals surface area contributed by atoms with Crippen LogP contribution in [0.4, 0.5) is 0 Å². The maximum Gasteiger partial charge on any atom is 0.0988 e. The Morgan fingerprint density at radius 1 is 1.38 bits per heavy atom. The van der Waals surface area contributed by atoms with Crippen molar-refractivity contribution >= 4 is 0 Å². The van der Waals surface area contributed by atoms with Gasteiger partial charge in [0.1, 0.15) is 0 Å². The lowest BCUT2D eigenvalue weighted by molar-refractivity contribution is -0.0937. The molecule has 2 bridgehead atoms. The van der Waals surface area contributed by atoms with Gasteiger partial charge in [-0.25, -0.2) is 0 Å². The summed E-state index contributed by atoms with van der Waals surface area (Å²) >= 11 is 0. The van der Waals surface area contributed by atoms with Gasteiger partial charge < -0.3 is 4.74 Å². The fraction of sp³-hybridized carbons (Fsp3) is 0.895. The number of fused-ring (bicyclic) bond motifs is 1. The molecule has 0 N–H and O–H groups in total. The van der Waals surface area contributed by atoms with Gasteiger partial charge in [-0.1, -0.05) is 39.3 Å². The molecule has 2 fully saturated rings. The monoisotopic (exact) mass is 291 g/mol. The highest BCUT2D eigenvalue weighted by Crippen LogP contribution is 2.61. The van der Waals surface area contributed by atoms with Gasteiger partial charge in [-0.15, -0.1) is 0 Å². The van der Waals surface area contributed by atoms with Crippen LogP contribution in [0, 0.1) is 28.6 Å². The number of allylic oxidation sites excluding steroid dienone is 2. The lowest BCUT2D eigenvalue weighted by Crippen LogP contribution is -2.51. The summed E-state index contributed by atoms with van der Waals surface area (Å²) in [5.41, 5.74) is 2.64. The summed E-state index contributed by atoms with van der Waals surface area (Å²) in [6, 6.07) is 0. The van der Waals surface area contributed by atoms with Crippen LogP contribution in [0.1, 0.15) is 53.4 Å². The number of ether oxygens (including phenoxy) is 1. The largest absolute Gasteiger partial charge is 0.365 e. The van der Waals surface area contributed by atoms with Crippen LogP contribution < -0.4 is 0 Å². The fourth-order valence-electron chi connectivity index (χ4n) is 5.36. The van der Waals surface area contributed by atoms with Crippen LogP contribution in [0.15, 0.2) is 11.6 Å². The molecule has 0 spiro atoms. The van der Waals surface area contributed by atoms with Crippen LogP contribution >= 0.6 is 0 Å². The van der Waals surface area contributed by atoms with Crippen LogP contribution in [0.5, 0.6) is 0 Å². The Labute approximate surface area is 130 Å². The molecule has 0 radical (unpaired) electrons. The average molecular weight is 291 g/mol. The van der Waals surface area contributed by atoms with E-state index in [-0.39, 0.29) is 0 Å². The zero-order chi connectivity index (χ0) is 15.3. The van der Waals surface area contributed by atoms with E-state index in [0.717, 1.165) is 31.1 Å². The summed E-state index contributed by atoms with van der Waals surface area (Å²) in [6.07, 6.45) is 7.88. The highest BCUT2D eigenvalue weighted by atomic mass is 16.5. The predicted molar refractivity (Wildman–Crippen MR) is 88.0 cm³/mol. The van der Waals surface area contributed by atoms with Crippen molar-refractivity contribution in [3.05, 3.63) is 11.6 Å². The SMILES string of the molecule is CC(C)CC1(CC2=CC[C@H]3C[C@@H]2C3(C)C)COCN(C)C1. The molecule has 0 amide bonds. The lowest BCUT2D eigenvalue weighted by Gasteiger charge is -2.58. The summed E-state index contributed by atoms with van der Waals surface area (Å²) < 4.78 is 5.94. The van der Waals surface area contributed by atoms with Gasteiger partial charge in [0.05, 0.1) is 13.3 Å². The second-order valence-electron chi connectivity index (χ2n) is 9.09. The van der Waals surface area contributed by atoms with Gasteiger partial charge in [0.25, 0.3) is 0 Å². The minimum absolute atomic E-state index is 0.339. The van der Waals surface area contributed by atoms with Crippen molar-refractivity contribution < 1.29 is 4.74 Å². The molecule has 3 aliphatic carbocycles. The Balaban J connectivity index is 1.77. The first-order valence-corrected chi connectivity index (χ1v) is 8.78. The predicted octanol–water partition coefficient (Wildman–Crippen LogP) is 4.32. The van der Waals surface area contributed by atoms with Crippen LogP contribution in [0.2, 0.25) is 0 Å². The average Bonchev–Trinajstić information content (AvgIpc) is 2.37. The summed E-state index contributed by atoms with van der Waals surface area (Å²) in [5, 5.41) is 0. The molecule has 1 aliphatic heterocycles. The molecule has 0 aromatic carbocycles. The van der Waals surface area contributed by atoms with Crippen LogP contribution in [-0.4, -0.2) is 31.8 Å². The Bertz CT molecular complexity index is 421. The second kappa shape index (κ2) is 5.38. The normalized spacial score (nSPS) is 39.0. The van der Waals surface area contributed by atoms with E-state index in [1.165, 1.54) is 32.2 Å². The van der Waals surface area contributed by atoms with Crippen molar-refractivity contribution in [2.45, 2.75) is 53.4 Å². The maximum atomic E-state index is 5.94. The first-order chi connectivity index (χ1) is 9.82. The van der Waals surface area contributed by atoms with Gasteiger partial charge in [-0.05, 0) is 55.9 Å². The van der Waals surface area contributed by atoms with E-state index in [4.69, 9.17) is 4.74 Å². The Morgan fingerprint density at radius 3 is 2.71 bits per heavy atom. The number of rotatable bonds is 4. The van der Waals surface area contributed by atoms with Crippen molar-refractivity contribution in [1.82, 2.24) is 4.90 Å². The Hall–Kier alpha value is -0.340. The van der Waals surface area contributed by atoms with Crippen molar-refractivity contribution in [2.24, 2.45) is 28.6 Å². The van der Waals surface area contributed by atoms with Crippen molar-refractivity contribution in [3.63, 3.8) is 0 Å². The molecule has 0 aromatic heterocycles. The van der Waals surface area contributed by atoms with Gasteiger partial charge in [0, 0.05) is 12.0 Å². The Kier molecular flexibility index (Phi) is 3.99. The summed E-state index contributed by atoms with van der Waals surface area (Å²) in [7, 11) is 2.20. The van der Waals surface area contributed by atoms with Gasteiger partial charge in [0.15, 0.2) is 0 Å². The van der Waals surface area contributed by atoms with Crippen molar-refractivity contribution in [1.29, 1.82) is 0 Å². The molecule has 4 aliphatic rings. The minimum Gasteiger partial charge on any atom is -0.365 e. The second-order valence-corrected chi connectivity index (χ2v) is 9.09. The molecule has 1 unspecified atom stereocenters. The molecule has 2 heteroatoms.